The zero-order valence-corrected chi connectivity index (χ0v) is 21.2. The van der Waals surface area contributed by atoms with Crippen LogP contribution in [0.1, 0.15) is 86.4 Å². The average molecular weight is 430 g/mol. The molecule has 0 aliphatic carbocycles. The molecular formula is C22H40FNO2SSi. The molecule has 0 aliphatic heterocycles. The van der Waals surface area contributed by atoms with Crippen LogP contribution in [0, 0.1) is 5.82 Å². The van der Waals surface area contributed by atoms with Crippen LogP contribution in [0.2, 0.25) is 16.6 Å². The summed E-state index contributed by atoms with van der Waals surface area (Å²) in [5.41, 5.74) is 2.70. The maximum Gasteiger partial charge on any atom is 0.200 e. The topological polar surface area (TPSA) is 44.3 Å². The highest BCUT2D eigenvalue weighted by molar-refractivity contribution is 7.90. The summed E-state index contributed by atoms with van der Waals surface area (Å²) in [5.74, 6) is -0.258. The Kier molecular flexibility index (Phi) is 9.22. The fraction of sp³-hybridized carbons (Fsp3) is 0.727. The lowest BCUT2D eigenvalue weighted by Gasteiger charge is -2.42. The molecule has 28 heavy (non-hydrogen) atoms. The Labute approximate surface area is 176 Å². The number of hydrogen-bond acceptors (Lipinski definition) is 3. The normalized spacial score (nSPS) is 15.5. The van der Waals surface area contributed by atoms with Gasteiger partial charge in [0.2, 0.25) is 8.32 Å². The van der Waals surface area contributed by atoms with Crippen LogP contribution in [0.15, 0.2) is 18.2 Å². The molecule has 2 atom stereocenters. The molecule has 0 amide bonds. The molecule has 0 spiro atoms. The Bertz CT molecular complexity index is 610. The predicted octanol–water partition coefficient (Wildman–Crippen LogP) is 6.63. The van der Waals surface area contributed by atoms with E-state index in [-0.39, 0.29) is 23.2 Å². The molecule has 0 bridgehead atoms. The molecular weight excluding hydrogens is 389 g/mol. The van der Waals surface area contributed by atoms with E-state index < -0.39 is 19.7 Å². The Morgan fingerprint density at radius 2 is 1.54 bits per heavy atom. The molecule has 6 heteroatoms. The van der Waals surface area contributed by atoms with Crippen LogP contribution >= 0.6 is 0 Å². The van der Waals surface area contributed by atoms with Crippen molar-refractivity contribution in [1.29, 1.82) is 0 Å². The lowest BCUT2D eigenvalue weighted by atomic mass is 10.0. The highest BCUT2D eigenvalue weighted by atomic mass is 32.2. The molecule has 0 aromatic heterocycles. The average Bonchev–Trinajstić information content (AvgIpc) is 2.54. The molecule has 0 saturated heterocycles. The minimum absolute atomic E-state index is 0.234. The Balaban J connectivity index is 3.18. The summed E-state index contributed by atoms with van der Waals surface area (Å²) in [6.45, 7) is 21.3. The number of rotatable bonds is 9. The van der Waals surface area contributed by atoms with Crippen LogP contribution < -0.4 is 4.72 Å². The third-order valence-electron chi connectivity index (χ3n) is 5.64. The van der Waals surface area contributed by atoms with E-state index in [0.717, 1.165) is 5.56 Å². The van der Waals surface area contributed by atoms with E-state index in [9.17, 15) is 8.94 Å². The van der Waals surface area contributed by atoms with Crippen molar-refractivity contribution in [1.82, 2.24) is 4.72 Å². The van der Waals surface area contributed by atoms with Crippen molar-refractivity contribution in [3.8, 4) is 0 Å². The summed E-state index contributed by atoms with van der Waals surface area (Å²) in [6, 6.07) is 4.87. The van der Waals surface area contributed by atoms with E-state index in [4.69, 9.17) is 4.43 Å². The van der Waals surface area contributed by atoms with Gasteiger partial charge >= 0.3 is 0 Å². The third-order valence-corrected chi connectivity index (χ3v) is 13.4. The number of hydrogen-bond donors (Lipinski definition) is 1. The van der Waals surface area contributed by atoms with Crippen molar-refractivity contribution in [2.45, 2.75) is 103 Å². The summed E-state index contributed by atoms with van der Waals surface area (Å²) >= 11 is -1.23. The Morgan fingerprint density at radius 3 is 1.96 bits per heavy atom. The largest absolute Gasteiger partial charge is 0.598 e. The number of halogens is 1. The molecule has 0 fully saturated rings. The van der Waals surface area contributed by atoms with Crippen molar-refractivity contribution < 1.29 is 13.4 Å². The Morgan fingerprint density at radius 1 is 1.04 bits per heavy atom. The zero-order chi connectivity index (χ0) is 21.9. The molecule has 162 valence electrons. The van der Waals surface area contributed by atoms with E-state index in [2.05, 4.69) is 46.3 Å². The van der Waals surface area contributed by atoms with Crippen LogP contribution in [-0.2, 0) is 22.4 Å². The lowest BCUT2D eigenvalue weighted by Crippen LogP contribution is -2.47. The summed E-state index contributed by atoms with van der Waals surface area (Å²) in [7, 11) is -2.10. The van der Waals surface area contributed by atoms with Crippen LogP contribution in [0.4, 0.5) is 4.39 Å². The van der Waals surface area contributed by atoms with Gasteiger partial charge in [0.05, 0.1) is 12.6 Å². The summed E-state index contributed by atoms with van der Waals surface area (Å²) in [4.78, 5) is 0. The summed E-state index contributed by atoms with van der Waals surface area (Å²) in [5, 5.41) is 0. The van der Waals surface area contributed by atoms with Crippen LogP contribution in [-0.4, -0.2) is 17.6 Å². The van der Waals surface area contributed by atoms with Gasteiger partial charge in [-0.25, -0.2) is 4.39 Å². The first kappa shape index (κ1) is 25.6. The maximum absolute atomic E-state index is 14.8. The van der Waals surface area contributed by atoms with E-state index in [1.807, 2.05) is 33.8 Å². The van der Waals surface area contributed by atoms with Crippen molar-refractivity contribution in [2.24, 2.45) is 0 Å². The fourth-order valence-corrected chi connectivity index (χ4v) is 10.4. The second kappa shape index (κ2) is 10.1. The van der Waals surface area contributed by atoms with Crippen LogP contribution in [0.25, 0.3) is 0 Å². The third kappa shape index (κ3) is 5.82. The van der Waals surface area contributed by atoms with E-state index in [1.54, 1.807) is 6.07 Å². The molecule has 1 rings (SSSR count). The first-order valence-corrected chi connectivity index (χ1v) is 13.6. The smallest absolute Gasteiger partial charge is 0.200 e. The molecule has 3 nitrogen and oxygen atoms in total. The number of benzene rings is 1. The molecule has 1 aromatic rings. The molecule has 0 aliphatic rings. The minimum atomic E-state index is -2.10. The van der Waals surface area contributed by atoms with Gasteiger partial charge in [-0.05, 0) is 55.9 Å². The van der Waals surface area contributed by atoms with Gasteiger partial charge in [-0.15, -0.1) is 4.72 Å². The van der Waals surface area contributed by atoms with E-state index >= 15 is 0 Å². The molecule has 0 radical (unpaired) electrons. The van der Waals surface area contributed by atoms with Gasteiger partial charge in [0.1, 0.15) is 10.6 Å². The fourth-order valence-electron chi connectivity index (χ4n) is 4.23. The number of nitrogens with one attached hydrogen (secondary N) is 1. The lowest BCUT2D eigenvalue weighted by molar-refractivity contribution is 0.259. The van der Waals surface area contributed by atoms with Gasteiger partial charge in [-0.3, -0.25) is 0 Å². The zero-order valence-electron chi connectivity index (χ0n) is 19.4. The molecule has 1 N–H and O–H groups in total. The predicted molar refractivity (Wildman–Crippen MR) is 122 cm³/mol. The SMILES string of the molecule is CC(N[S@@+]([O-])C(C)(C)C)c1cccc(F)c1CO[Si](C(C)C)(C(C)C)C(C)C. The van der Waals surface area contributed by atoms with Gasteiger partial charge < -0.3 is 8.98 Å². The standard InChI is InChI=1S/C22H40FNO2SSi/c1-15(2)28(16(3)4,17(5)6)26-14-20-19(12-11-13-21(20)23)18(7)24-27(25)22(8,9)10/h11-13,15-18,24H,14H2,1-10H3/t18?,27-/m0/s1. The van der Waals surface area contributed by atoms with Crippen molar-refractivity contribution in [3.05, 3.63) is 35.1 Å². The summed E-state index contributed by atoms with van der Waals surface area (Å²) in [6.07, 6.45) is 0. The highest BCUT2D eigenvalue weighted by Gasteiger charge is 2.45. The highest BCUT2D eigenvalue weighted by Crippen LogP contribution is 2.43. The summed E-state index contributed by atoms with van der Waals surface area (Å²) < 4.78 is 36.7. The van der Waals surface area contributed by atoms with E-state index in [1.165, 1.54) is 6.07 Å². The quantitative estimate of drug-likeness (QED) is 0.354. The van der Waals surface area contributed by atoms with Crippen LogP contribution in [0.3, 0.4) is 0 Å². The Hall–Kier alpha value is -0.403. The minimum Gasteiger partial charge on any atom is -0.598 e. The van der Waals surface area contributed by atoms with Crippen molar-refractivity contribution in [2.75, 3.05) is 0 Å². The second-order valence-electron chi connectivity index (χ2n) is 9.63. The maximum atomic E-state index is 14.8. The molecule has 1 aromatic carbocycles. The van der Waals surface area contributed by atoms with Gasteiger partial charge in [0.25, 0.3) is 0 Å². The molecule has 0 heterocycles. The van der Waals surface area contributed by atoms with Crippen molar-refractivity contribution >= 4 is 19.7 Å². The van der Waals surface area contributed by atoms with Gasteiger partial charge in [-0.2, -0.15) is 0 Å². The van der Waals surface area contributed by atoms with Crippen molar-refractivity contribution in [3.63, 3.8) is 0 Å². The second-order valence-corrected chi connectivity index (χ2v) is 17.1. The van der Waals surface area contributed by atoms with Crippen LogP contribution in [0.5, 0.6) is 0 Å². The van der Waals surface area contributed by atoms with E-state index in [0.29, 0.717) is 22.2 Å². The van der Waals surface area contributed by atoms with Gasteiger partial charge in [0.15, 0.2) is 0 Å². The van der Waals surface area contributed by atoms with Gasteiger partial charge in [0, 0.05) is 16.9 Å². The monoisotopic (exact) mass is 429 g/mol. The first-order chi connectivity index (χ1) is 12.7. The first-order valence-electron chi connectivity index (χ1n) is 10.3. The molecule has 0 saturated carbocycles. The van der Waals surface area contributed by atoms with Gasteiger partial charge in [-0.1, -0.05) is 53.7 Å². The molecule has 1 unspecified atom stereocenters.